The highest BCUT2D eigenvalue weighted by atomic mass is 16.5. The maximum Gasteiger partial charge on any atom is 0.257 e. The molecule has 160 valence electrons. The molecule has 0 aliphatic carbocycles. The van der Waals surface area contributed by atoms with Gasteiger partial charge in [-0.25, -0.2) is 0 Å². The van der Waals surface area contributed by atoms with Crippen LogP contribution in [0.15, 0.2) is 54.6 Å². The molecule has 5 nitrogen and oxygen atoms in total. The summed E-state index contributed by atoms with van der Waals surface area (Å²) in [7, 11) is 2.11. The zero-order chi connectivity index (χ0) is 21.0. The molecule has 1 N–H and O–H groups in total. The van der Waals surface area contributed by atoms with Gasteiger partial charge in [-0.3, -0.25) is 4.79 Å². The first kappa shape index (κ1) is 20.9. The minimum Gasteiger partial charge on any atom is -0.492 e. The molecule has 0 aromatic heterocycles. The average molecular weight is 409 g/mol. The van der Waals surface area contributed by atoms with E-state index in [-0.39, 0.29) is 24.0 Å². The Bertz CT molecular complexity index is 856. The third-order valence-corrected chi connectivity index (χ3v) is 6.91. The summed E-state index contributed by atoms with van der Waals surface area (Å²) in [6.07, 6.45) is 3.81. The summed E-state index contributed by atoms with van der Waals surface area (Å²) in [6.45, 7) is 3.10. The number of aliphatic hydroxyl groups excluding tert-OH is 1. The lowest BCUT2D eigenvalue weighted by molar-refractivity contribution is -0.0601. The van der Waals surface area contributed by atoms with Crippen molar-refractivity contribution in [3.05, 3.63) is 65.7 Å². The van der Waals surface area contributed by atoms with Crippen LogP contribution < -0.4 is 4.74 Å². The van der Waals surface area contributed by atoms with Crippen LogP contribution in [0.5, 0.6) is 5.75 Å². The van der Waals surface area contributed by atoms with Crippen molar-refractivity contribution in [1.29, 1.82) is 0 Å². The number of aliphatic hydroxyl groups is 1. The van der Waals surface area contributed by atoms with Crippen molar-refractivity contribution in [2.24, 2.45) is 5.41 Å². The molecule has 2 aliphatic heterocycles. The van der Waals surface area contributed by atoms with Gasteiger partial charge in [0.2, 0.25) is 0 Å². The van der Waals surface area contributed by atoms with Crippen molar-refractivity contribution in [2.45, 2.75) is 31.7 Å². The molecule has 4 rings (SSSR count). The van der Waals surface area contributed by atoms with Gasteiger partial charge in [-0.15, -0.1) is 0 Å². The van der Waals surface area contributed by atoms with E-state index >= 15 is 0 Å². The van der Waals surface area contributed by atoms with Crippen molar-refractivity contribution < 1.29 is 14.6 Å². The van der Waals surface area contributed by atoms with Gasteiger partial charge < -0.3 is 19.6 Å². The number of para-hydroxylation sites is 1. The summed E-state index contributed by atoms with van der Waals surface area (Å²) < 4.78 is 6.02. The second-order valence-electron chi connectivity index (χ2n) is 8.70. The number of rotatable bonds is 6. The number of carbonyl (C=O) groups excluding carboxylic acids is 1. The number of likely N-dealkylation sites (tertiary alicyclic amines) is 2. The van der Waals surface area contributed by atoms with Crippen molar-refractivity contribution in [3.63, 3.8) is 0 Å². The highest BCUT2D eigenvalue weighted by molar-refractivity contribution is 5.97. The van der Waals surface area contributed by atoms with E-state index in [4.69, 9.17) is 4.74 Å². The lowest BCUT2D eigenvalue weighted by atomic mass is 9.69. The lowest BCUT2D eigenvalue weighted by Crippen LogP contribution is -2.62. The summed E-state index contributed by atoms with van der Waals surface area (Å²) in [5, 5.41) is 10.1. The number of likely N-dealkylation sites (N-methyl/N-ethyl adjacent to an activating group) is 1. The van der Waals surface area contributed by atoms with Crippen molar-refractivity contribution in [1.82, 2.24) is 9.80 Å². The summed E-state index contributed by atoms with van der Waals surface area (Å²) in [5.41, 5.74) is 1.77. The van der Waals surface area contributed by atoms with Gasteiger partial charge in [-0.1, -0.05) is 42.5 Å². The molecule has 0 unspecified atom stereocenters. The minimum absolute atomic E-state index is 0.0239. The van der Waals surface area contributed by atoms with Gasteiger partial charge in [0.15, 0.2) is 0 Å². The molecule has 2 saturated heterocycles. The Hall–Kier alpha value is -2.37. The van der Waals surface area contributed by atoms with E-state index in [0.29, 0.717) is 31.0 Å². The van der Waals surface area contributed by atoms with E-state index in [2.05, 4.69) is 24.1 Å². The molecule has 2 aliphatic rings. The molecule has 5 heteroatoms. The maximum absolute atomic E-state index is 13.4. The van der Waals surface area contributed by atoms with Crippen LogP contribution in [0.3, 0.4) is 0 Å². The maximum atomic E-state index is 13.4. The first-order chi connectivity index (χ1) is 14.6. The second-order valence-corrected chi connectivity index (χ2v) is 8.70. The van der Waals surface area contributed by atoms with E-state index in [9.17, 15) is 9.90 Å². The van der Waals surface area contributed by atoms with Crippen LogP contribution in [0, 0.1) is 5.41 Å². The Balaban J connectivity index is 1.45. The minimum atomic E-state index is -0.0739. The number of hydrogen-bond acceptors (Lipinski definition) is 4. The Morgan fingerprint density at radius 2 is 1.87 bits per heavy atom. The molecule has 2 fully saturated rings. The topological polar surface area (TPSA) is 53.0 Å². The quantitative estimate of drug-likeness (QED) is 0.797. The van der Waals surface area contributed by atoms with E-state index in [1.807, 2.05) is 47.4 Å². The van der Waals surface area contributed by atoms with Gasteiger partial charge in [-0.2, -0.15) is 0 Å². The Morgan fingerprint density at radius 3 is 2.67 bits per heavy atom. The number of fused-ring (bicyclic) bond motifs is 1. The number of ether oxygens (including phenoxy) is 1. The Kier molecular flexibility index (Phi) is 6.40. The smallest absolute Gasteiger partial charge is 0.257 e. The number of benzene rings is 2. The zero-order valence-electron chi connectivity index (χ0n) is 17.8. The fourth-order valence-corrected chi connectivity index (χ4v) is 5.06. The van der Waals surface area contributed by atoms with Crippen LogP contribution in [-0.4, -0.2) is 66.8 Å². The summed E-state index contributed by atoms with van der Waals surface area (Å²) in [6, 6.07) is 18.0. The highest BCUT2D eigenvalue weighted by Gasteiger charge is 2.47. The number of carbonyl (C=O) groups is 1. The molecule has 1 amide bonds. The van der Waals surface area contributed by atoms with Gasteiger partial charge in [0.1, 0.15) is 5.75 Å². The number of piperidine rings is 2. The lowest BCUT2D eigenvalue weighted by Gasteiger charge is -2.53. The molecule has 0 bridgehead atoms. The summed E-state index contributed by atoms with van der Waals surface area (Å²) >= 11 is 0. The van der Waals surface area contributed by atoms with Gasteiger partial charge >= 0.3 is 0 Å². The third kappa shape index (κ3) is 4.23. The van der Waals surface area contributed by atoms with Gasteiger partial charge in [0.05, 0.1) is 18.8 Å². The monoisotopic (exact) mass is 408 g/mol. The van der Waals surface area contributed by atoms with Crippen molar-refractivity contribution in [3.8, 4) is 5.75 Å². The zero-order valence-corrected chi connectivity index (χ0v) is 17.8. The first-order valence-electron chi connectivity index (χ1n) is 11.0. The predicted molar refractivity (Wildman–Crippen MR) is 118 cm³/mol. The van der Waals surface area contributed by atoms with Crippen LogP contribution in [-0.2, 0) is 6.42 Å². The van der Waals surface area contributed by atoms with Crippen LogP contribution in [0.2, 0.25) is 0 Å². The van der Waals surface area contributed by atoms with Crippen LogP contribution in [0.1, 0.15) is 35.2 Å². The Morgan fingerprint density at radius 1 is 1.10 bits per heavy atom. The molecule has 0 saturated carbocycles. The van der Waals surface area contributed by atoms with Crippen LogP contribution in [0.25, 0.3) is 0 Å². The first-order valence-corrected chi connectivity index (χ1v) is 11.0. The predicted octanol–water partition coefficient (Wildman–Crippen LogP) is 3.23. The normalized spacial score (nSPS) is 24.3. The van der Waals surface area contributed by atoms with E-state index < -0.39 is 0 Å². The standard InChI is InChI=1S/C25H32N2O3/c1-26-15-7-13-25(19-28)14-16-27(18-23(25)26)24(29)21-10-5-6-11-22(21)30-17-12-20-8-3-2-4-9-20/h2-6,8-11,23,28H,7,12-19H2,1H3/t23-,25-/m1/s1. The third-order valence-electron chi connectivity index (χ3n) is 6.91. The van der Waals surface area contributed by atoms with Crippen LogP contribution >= 0.6 is 0 Å². The fraction of sp³-hybridized carbons (Fsp3) is 0.480. The van der Waals surface area contributed by atoms with E-state index in [1.165, 1.54) is 5.56 Å². The second kappa shape index (κ2) is 9.19. The van der Waals surface area contributed by atoms with E-state index in [1.54, 1.807) is 0 Å². The molecule has 2 aromatic rings. The number of hydrogen-bond donors (Lipinski definition) is 1. The molecule has 0 spiro atoms. The number of amides is 1. The van der Waals surface area contributed by atoms with Crippen LogP contribution in [0.4, 0.5) is 0 Å². The van der Waals surface area contributed by atoms with E-state index in [0.717, 1.165) is 32.2 Å². The van der Waals surface area contributed by atoms with Gasteiger partial charge in [-0.05, 0) is 50.6 Å². The molecular weight excluding hydrogens is 376 g/mol. The molecule has 2 heterocycles. The molecule has 30 heavy (non-hydrogen) atoms. The SMILES string of the molecule is CN1CCC[C@]2(CO)CCN(C(=O)c3ccccc3OCCc3ccccc3)C[C@@H]12. The highest BCUT2D eigenvalue weighted by Crippen LogP contribution is 2.42. The number of nitrogens with zero attached hydrogens (tertiary/aromatic N) is 2. The van der Waals surface area contributed by atoms with Crippen molar-refractivity contribution >= 4 is 5.91 Å². The largest absolute Gasteiger partial charge is 0.492 e. The van der Waals surface area contributed by atoms with Gasteiger partial charge in [0.25, 0.3) is 5.91 Å². The van der Waals surface area contributed by atoms with Gasteiger partial charge in [0, 0.05) is 31.0 Å². The summed E-state index contributed by atoms with van der Waals surface area (Å²) in [4.78, 5) is 17.7. The molecule has 2 aromatic carbocycles. The molecule has 0 radical (unpaired) electrons. The van der Waals surface area contributed by atoms with Crippen molar-refractivity contribution in [2.75, 3.05) is 39.9 Å². The molecular formula is C25H32N2O3. The molecule has 2 atom stereocenters. The summed E-state index contributed by atoms with van der Waals surface area (Å²) in [5.74, 6) is 0.672. The Labute approximate surface area is 179 Å². The average Bonchev–Trinajstić information content (AvgIpc) is 2.80. The fourth-order valence-electron chi connectivity index (χ4n) is 5.06.